The van der Waals surface area contributed by atoms with E-state index in [9.17, 15) is 0 Å². The standard InChI is InChI=1S/C20H23N7O/c1-28-18-8-3-2-7-17(18)26-10-12-27(13-11-26)20-24-19(15-23-25-20)22-14-16-6-4-5-9-21-16/h2-9,15H,10-14H2,1H3,(H,22,24,25). The minimum absolute atomic E-state index is 0.598. The Balaban J connectivity index is 1.38. The van der Waals surface area contributed by atoms with Crippen LogP contribution in [0.1, 0.15) is 5.69 Å². The Morgan fingerprint density at radius 2 is 1.79 bits per heavy atom. The van der Waals surface area contributed by atoms with Crippen molar-refractivity contribution in [3.8, 4) is 5.75 Å². The summed E-state index contributed by atoms with van der Waals surface area (Å²) in [5, 5.41) is 11.6. The van der Waals surface area contributed by atoms with Crippen molar-refractivity contribution >= 4 is 17.5 Å². The smallest absolute Gasteiger partial charge is 0.247 e. The molecule has 0 aliphatic carbocycles. The van der Waals surface area contributed by atoms with Gasteiger partial charge in [0.1, 0.15) is 5.75 Å². The van der Waals surface area contributed by atoms with Crippen molar-refractivity contribution in [2.75, 3.05) is 48.4 Å². The van der Waals surface area contributed by atoms with Crippen LogP contribution in [0.2, 0.25) is 0 Å². The molecule has 1 aromatic carbocycles. The normalized spacial score (nSPS) is 14.0. The van der Waals surface area contributed by atoms with Crippen molar-refractivity contribution < 1.29 is 4.74 Å². The molecule has 0 unspecified atom stereocenters. The van der Waals surface area contributed by atoms with E-state index in [1.807, 2.05) is 36.4 Å². The summed E-state index contributed by atoms with van der Waals surface area (Å²) >= 11 is 0. The predicted octanol–water partition coefficient (Wildman–Crippen LogP) is 2.21. The van der Waals surface area contributed by atoms with Crippen LogP contribution in [0.25, 0.3) is 0 Å². The highest BCUT2D eigenvalue weighted by Gasteiger charge is 2.21. The van der Waals surface area contributed by atoms with Gasteiger partial charge in [-0.05, 0) is 24.3 Å². The number of nitrogens with one attached hydrogen (secondary N) is 1. The third-order valence-electron chi connectivity index (χ3n) is 4.71. The monoisotopic (exact) mass is 377 g/mol. The number of piperazine rings is 1. The van der Waals surface area contributed by atoms with Gasteiger partial charge in [-0.25, -0.2) is 0 Å². The number of anilines is 3. The Labute approximate surface area is 164 Å². The molecule has 0 atom stereocenters. The SMILES string of the molecule is COc1ccccc1N1CCN(c2nncc(NCc3ccccn3)n2)CC1. The van der Waals surface area contributed by atoms with E-state index in [4.69, 9.17) is 4.74 Å². The lowest BCUT2D eigenvalue weighted by atomic mass is 10.2. The van der Waals surface area contributed by atoms with Crippen LogP contribution in [-0.4, -0.2) is 53.5 Å². The van der Waals surface area contributed by atoms with Crippen molar-refractivity contribution in [1.82, 2.24) is 20.2 Å². The number of rotatable bonds is 6. The molecule has 1 aliphatic rings. The van der Waals surface area contributed by atoms with Gasteiger partial charge in [-0.3, -0.25) is 4.98 Å². The first-order valence-corrected chi connectivity index (χ1v) is 9.30. The molecule has 28 heavy (non-hydrogen) atoms. The molecule has 0 spiro atoms. The van der Waals surface area contributed by atoms with E-state index in [1.165, 1.54) is 0 Å². The second-order valence-electron chi connectivity index (χ2n) is 6.46. The number of ether oxygens (including phenoxy) is 1. The molecular formula is C20H23N7O. The first-order valence-electron chi connectivity index (χ1n) is 9.30. The van der Waals surface area contributed by atoms with Crippen LogP contribution in [-0.2, 0) is 6.54 Å². The summed E-state index contributed by atoms with van der Waals surface area (Å²) in [5.74, 6) is 2.24. The number of nitrogens with zero attached hydrogens (tertiary/aromatic N) is 6. The van der Waals surface area contributed by atoms with Crippen molar-refractivity contribution in [2.24, 2.45) is 0 Å². The van der Waals surface area contributed by atoms with Crippen LogP contribution in [0.3, 0.4) is 0 Å². The molecule has 144 valence electrons. The summed E-state index contributed by atoms with van der Waals surface area (Å²) in [6, 6.07) is 13.9. The number of benzene rings is 1. The van der Waals surface area contributed by atoms with Crippen LogP contribution in [0.15, 0.2) is 54.9 Å². The van der Waals surface area contributed by atoms with Gasteiger partial charge in [0.15, 0.2) is 5.82 Å². The van der Waals surface area contributed by atoms with Crippen LogP contribution >= 0.6 is 0 Å². The summed E-state index contributed by atoms with van der Waals surface area (Å²) in [7, 11) is 1.71. The van der Waals surface area contributed by atoms with Crippen LogP contribution < -0.4 is 19.9 Å². The predicted molar refractivity (Wildman–Crippen MR) is 109 cm³/mol. The fourth-order valence-electron chi connectivity index (χ4n) is 3.24. The quantitative estimate of drug-likeness (QED) is 0.700. The van der Waals surface area contributed by atoms with Crippen LogP contribution in [0.4, 0.5) is 17.5 Å². The van der Waals surface area contributed by atoms with Gasteiger partial charge in [-0.15, -0.1) is 5.10 Å². The summed E-state index contributed by atoms with van der Waals surface area (Å²) in [5.41, 5.74) is 2.07. The van der Waals surface area contributed by atoms with Gasteiger partial charge in [-0.1, -0.05) is 18.2 Å². The topological polar surface area (TPSA) is 79.3 Å². The number of aromatic nitrogens is 4. The second kappa shape index (κ2) is 8.51. The maximum Gasteiger partial charge on any atom is 0.247 e. The molecule has 1 aliphatic heterocycles. The highest BCUT2D eigenvalue weighted by atomic mass is 16.5. The minimum atomic E-state index is 0.598. The molecule has 1 N–H and O–H groups in total. The Morgan fingerprint density at radius 1 is 1.00 bits per heavy atom. The molecule has 0 amide bonds. The number of methoxy groups -OCH3 is 1. The van der Waals surface area contributed by atoms with E-state index in [0.717, 1.165) is 43.3 Å². The van der Waals surface area contributed by atoms with E-state index in [1.54, 1.807) is 19.5 Å². The van der Waals surface area contributed by atoms with Crippen molar-refractivity contribution in [2.45, 2.75) is 6.54 Å². The maximum atomic E-state index is 5.49. The van der Waals surface area contributed by atoms with E-state index >= 15 is 0 Å². The molecule has 3 heterocycles. The Kier molecular flexibility index (Phi) is 5.46. The highest BCUT2D eigenvalue weighted by molar-refractivity contribution is 5.59. The zero-order valence-electron chi connectivity index (χ0n) is 15.8. The summed E-state index contributed by atoms with van der Waals surface area (Å²) in [6.07, 6.45) is 3.42. The largest absolute Gasteiger partial charge is 0.495 e. The van der Waals surface area contributed by atoms with Gasteiger partial charge in [0.2, 0.25) is 5.95 Å². The minimum Gasteiger partial charge on any atom is -0.495 e. The fourth-order valence-corrected chi connectivity index (χ4v) is 3.24. The molecule has 1 fully saturated rings. The molecule has 0 bridgehead atoms. The Bertz CT molecular complexity index is 898. The molecule has 8 heteroatoms. The number of pyridine rings is 1. The molecule has 4 rings (SSSR count). The maximum absolute atomic E-state index is 5.49. The van der Waals surface area contributed by atoms with Crippen molar-refractivity contribution in [1.29, 1.82) is 0 Å². The summed E-state index contributed by atoms with van der Waals surface area (Å²) in [4.78, 5) is 13.4. The number of hydrogen-bond donors (Lipinski definition) is 1. The summed E-state index contributed by atoms with van der Waals surface area (Å²) < 4.78 is 5.49. The molecular weight excluding hydrogens is 354 g/mol. The molecule has 2 aromatic heterocycles. The lowest BCUT2D eigenvalue weighted by molar-refractivity contribution is 0.413. The van der Waals surface area contributed by atoms with Crippen molar-refractivity contribution in [3.63, 3.8) is 0 Å². The van der Waals surface area contributed by atoms with E-state index in [-0.39, 0.29) is 0 Å². The molecule has 3 aromatic rings. The fraction of sp³-hybridized carbons (Fsp3) is 0.300. The van der Waals surface area contributed by atoms with Crippen LogP contribution in [0.5, 0.6) is 5.75 Å². The third kappa shape index (κ3) is 4.11. The van der Waals surface area contributed by atoms with Crippen molar-refractivity contribution in [3.05, 3.63) is 60.6 Å². The third-order valence-corrected chi connectivity index (χ3v) is 4.71. The highest BCUT2D eigenvalue weighted by Crippen LogP contribution is 2.28. The first kappa shape index (κ1) is 18.0. The van der Waals surface area contributed by atoms with Gasteiger partial charge in [0.05, 0.1) is 31.2 Å². The molecule has 8 nitrogen and oxygen atoms in total. The van der Waals surface area contributed by atoms with E-state index in [0.29, 0.717) is 18.3 Å². The number of para-hydroxylation sites is 2. The first-order chi connectivity index (χ1) is 13.8. The lowest BCUT2D eigenvalue weighted by Crippen LogP contribution is -2.47. The number of hydrogen-bond acceptors (Lipinski definition) is 8. The zero-order valence-corrected chi connectivity index (χ0v) is 15.8. The van der Waals surface area contributed by atoms with E-state index < -0.39 is 0 Å². The van der Waals surface area contributed by atoms with Crippen LogP contribution in [0, 0.1) is 0 Å². The lowest BCUT2D eigenvalue weighted by Gasteiger charge is -2.36. The van der Waals surface area contributed by atoms with Gasteiger partial charge in [0.25, 0.3) is 0 Å². The van der Waals surface area contributed by atoms with Gasteiger partial charge >= 0.3 is 0 Å². The second-order valence-corrected chi connectivity index (χ2v) is 6.46. The van der Waals surface area contributed by atoms with Gasteiger partial charge in [-0.2, -0.15) is 10.1 Å². The van der Waals surface area contributed by atoms with Gasteiger partial charge < -0.3 is 19.9 Å². The molecule has 0 saturated carbocycles. The zero-order chi connectivity index (χ0) is 19.2. The average molecular weight is 377 g/mol. The van der Waals surface area contributed by atoms with Gasteiger partial charge in [0, 0.05) is 32.4 Å². The molecule has 0 radical (unpaired) electrons. The van der Waals surface area contributed by atoms with E-state index in [2.05, 4.69) is 41.3 Å². The average Bonchev–Trinajstić information content (AvgIpc) is 2.79. The molecule has 1 saturated heterocycles. The Morgan fingerprint density at radius 3 is 2.57 bits per heavy atom. The summed E-state index contributed by atoms with van der Waals surface area (Å²) in [6.45, 7) is 3.98. The Hall–Kier alpha value is -3.42.